The Hall–Kier alpha value is -2.36. The molecule has 1 unspecified atom stereocenters. The van der Waals surface area contributed by atoms with Crippen molar-refractivity contribution in [1.29, 1.82) is 0 Å². The topological polar surface area (TPSA) is 72.7 Å². The van der Waals surface area contributed by atoms with Crippen LogP contribution in [0.4, 0.5) is 4.39 Å². The fourth-order valence-electron chi connectivity index (χ4n) is 2.71. The van der Waals surface area contributed by atoms with E-state index in [-0.39, 0.29) is 30.2 Å². The van der Waals surface area contributed by atoms with Crippen LogP contribution in [0.1, 0.15) is 25.5 Å². The maximum absolute atomic E-state index is 13.2. The number of carbonyl (C=O) groups excluding carboxylic acids is 1. The maximum Gasteiger partial charge on any atom is 0.244 e. The van der Waals surface area contributed by atoms with Crippen molar-refractivity contribution in [2.45, 2.75) is 26.4 Å². The number of halogens is 2. The highest BCUT2D eigenvalue weighted by atomic mass is 127. The summed E-state index contributed by atoms with van der Waals surface area (Å²) in [6.07, 6.45) is 0. The molecular weight excluding hydrogens is 460 g/mol. The largest absolute Gasteiger partial charge is 0.347 e. The maximum atomic E-state index is 13.2. The van der Waals surface area contributed by atoms with Crippen LogP contribution in [0.15, 0.2) is 48.5 Å². The molecule has 27 heavy (non-hydrogen) atoms. The van der Waals surface area contributed by atoms with Crippen LogP contribution in [0.25, 0.3) is 11.4 Å². The second-order valence-electron chi connectivity index (χ2n) is 6.46. The van der Waals surface area contributed by atoms with Gasteiger partial charge in [-0.2, -0.15) is 4.80 Å². The first-order valence-corrected chi connectivity index (χ1v) is 9.59. The summed E-state index contributed by atoms with van der Waals surface area (Å²) >= 11 is 2.21. The number of hydrogen-bond acceptors (Lipinski definition) is 4. The molecule has 1 N–H and O–H groups in total. The molecule has 0 aliphatic carbocycles. The number of hydrogen-bond donors (Lipinski definition) is 1. The Bertz CT molecular complexity index is 926. The van der Waals surface area contributed by atoms with Crippen molar-refractivity contribution in [1.82, 2.24) is 25.5 Å². The molecule has 140 valence electrons. The SMILES string of the molecule is CC(C)C(NC(=O)Cn1nnc(-c2ccccc2I)n1)c1ccc(F)cc1. The van der Waals surface area contributed by atoms with Gasteiger partial charge in [0.2, 0.25) is 11.7 Å². The van der Waals surface area contributed by atoms with E-state index in [4.69, 9.17) is 0 Å². The number of aromatic nitrogens is 4. The van der Waals surface area contributed by atoms with Gasteiger partial charge in [-0.1, -0.05) is 38.1 Å². The molecule has 3 aromatic rings. The average Bonchev–Trinajstić information content (AvgIpc) is 3.09. The molecule has 1 atom stereocenters. The van der Waals surface area contributed by atoms with E-state index in [0.717, 1.165) is 14.7 Å². The van der Waals surface area contributed by atoms with Crippen molar-refractivity contribution >= 4 is 28.5 Å². The molecule has 8 heteroatoms. The summed E-state index contributed by atoms with van der Waals surface area (Å²) in [6.45, 7) is 3.95. The van der Waals surface area contributed by atoms with Gasteiger partial charge in [0.05, 0.1) is 6.04 Å². The summed E-state index contributed by atoms with van der Waals surface area (Å²) in [5, 5.41) is 15.3. The third kappa shape index (κ3) is 4.88. The van der Waals surface area contributed by atoms with Gasteiger partial charge in [-0.3, -0.25) is 4.79 Å². The van der Waals surface area contributed by atoms with E-state index in [1.807, 2.05) is 38.1 Å². The van der Waals surface area contributed by atoms with E-state index in [1.165, 1.54) is 16.9 Å². The Labute approximate surface area is 170 Å². The van der Waals surface area contributed by atoms with E-state index in [1.54, 1.807) is 12.1 Å². The summed E-state index contributed by atoms with van der Waals surface area (Å²) in [5.74, 6) is 0.0866. The summed E-state index contributed by atoms with van der Waals surface area (Å²) in [4.78, 5) is 13.7. The summed E-state index contributed by atoms with van der Waals surface area (Å²) < 4.78 is 14.2. The van der Waals surface area contributed by atoms with Crippen LogP contribution in [-0.2, 0) is 11.3 Å². The number of benzene rings is 2. The second-order valence-corrected chi connectivity index (χ2v) is 7.63. The fourth-order valence-corrected chi connectivity index (χ4v) is 3.34. The van der Waals surface area contributed by atoms with Crippen molar-refractivity contribution in [3.63, 3.8) is 0 Å². The van der Waals surface area contributed by atoms with Crippen molar-refractivity contribution in [3.8, 4) is 11.4 Å². The van der Waals surface area contributed by atoms with E-state index in [0.29, 0.717) is 5.82 Å². The van der Waals surface area contributed by atoms with Crippen molar-refractivity contribution in [3.05, 3.63) is 63.5 Å². The number of nitrogens with one attached hydrogen (secondary N) is 1. The van der Waals surface area contributed by atoms with Gasteiger partial charge in [-0.15, -0.1) is 10.2 Å². The molecule has 0 saturated carbocycles. The number of carbonyl (C=O) groups is 1. The van der Waals surface area contributed by atoms with Crippen LogP contribution in [0, 0.1) is 15.3 Å². The van der Waals surface area contributed by atoms with E-state index in [2.05, 4.69) is 43.3 Å². The Morgan fingerprint density at radius 1 is 1.19 bits per heavy atom. The third-order valence-corrected chi connectivity index (χ3v) is 5.01. The average molecular weight is 479 g/mol. The molecule has 0 saturated heterocycles. The molecule has 1 aromatic heterocycles. The Morgan fingerprint density at radius 3 is 2.56 bits per heavy atom. The monoisotopic (exact) mass is 479 g/mol. The normalized spacial score (nSPS) is 12.2. The van der Waals surface area contributed by atoms with Gasteiger partial charge >= 0.3 is 0 Å². The predicted octanol–water partition coefficient (Wildman–Crippen LogP) is 3.60. The van der Waals surface area contributed by atoms with Crippen LogP contribution < -0.4 is 5.32 Å². The lowest BCUT2D eigenvalue weighted by molar-refractivity contribution is -0.123. The highest BCUT2D eigenvalue weighted by Crippen LogP contribution is 2.22. The van der Waals surface area contributed by atoms with Crippen molar-refractivity contribution < 1.29 is 9.18 Å². The minimum atomic E-state index is -0.303. The molecule has 0 radical (unpaired) electrons. The summed E-state index contributed by atoms with van der Waals surface area (Å²) in [5.41, 5.74) is 1.72. The Kier molecular flexibility index (Phi) is 6.15. The first-order valence-electron chi connectivity index (χ1n) is 8.51. The molecule has 0 aliphatic heterocycles. The van der Waals surface area contributed by atoms with Gasteiger partial charge in [-0.05, 0) is 63.6 Å². The second kappa shape index (κ2) is 8.55. The van der Waals surface area contributed by atoms with Crippen LogP contribution in [0.2, 0.25) is 0 Å². The lowest BCUT2D eigenvalue weighted by atomic mass is 9.96. The lowest BCUT2D eigenvalue weighted by Crippen LogP contribution is -2.34. The zero-order chi connectivity index (χ0) is 19.4. The summed E-state index contributed by atoms with van der Waals surface area (Å²) in [7, 11) is 0. The molecular formula is C19H19FIN5O. The zero-order valence-electron chi connectivity index (χ0n) is 14.9. The van der Waals surface area contributed by atoms with E-state index >= 15 is 0 Å². The molecule has 2 aromatic carbocycles. The smallest absolute Gasteiger partial charge is 0.244 e. The van der Waals surface area contributed by atoms with Crippen LogP contribution >= 0.6 is 22.6 Å². The van der Waals surface area contributed by atoms with Crippen molar-refractivity contribution in [2.24, 2.45) is 5.92 Å². The minimum absolute atomic E-state index is 0.0408. The van der Waals surface area contributed by atoms with Crippen LogP contribution in [0.3, 0.4) is 0 Å². The van der Waals surface area contributed by atoms with Gasteiger partial charge in [0.25, 0.3) is 0 Å². The lowest BCUT2D eigenvalue weighted by Gasteiger charge is -2.22. The third-order valence-electron chi connectivity index (χ3n) is 4.06. The predicted molar refractivity (Wildman–Crippen MR) is 108 cm³/mol. The van der Waals surface area contributed by atoms with Gasteiger partial charge < -0.3 is 5.32 Å². The molecule has 3 rings (SSSR count). The van der Waals surface area contributed by atoms with Crippen LogP contribution in [-0.4, -0.2) is 26.1 Å². The molecule has 1 heterocycles. The molecule has 0 aliphatic rings. The van der Waals surface area contributed by atoms with Gasteiger partial charge in [-0.25, -0.2) is 4.39 Å². The number of amides is 1. The minimum Gasteiger partial charge on any atom is -0.347 e. The first kappa shape index (κ1) is 19.4. The Balaban J connectivity index is 1.70. The molecule has 1 amide bonds. The number of rotatable bonds is 6. The van der Waals surface area contributed by atoms with E-state index in [9.17, 15) is 9.18 Å². The zero-order valence-corrected chi connectivity index (χ0v) is 17.1. The number of tetrazole rings is 1. The fraction of sp³-hybridized carbons (Fsp3) is 0.263. The standard InChI is InChI=1S/C19H19FIN5O/c1-12(2)18(13-7-9-14(20)10-8-13)22-17(27)11-26-24-19(23-25-26)15-5-3-4-6-16(15)21/h3-10,12,18H,11H2,1-2H3,(H,22,27). The quantitative estimate of drug-likeness (QED) is 0.549. The first-order chi connectivity index (χ1) is 12.9. The number of nitrogens with zero attached hydrogens (tertiary/aromatic N) is 4. The van der Waals surface area contributed by atoms with Gasteiger partial charge in [0.1, 0.15) is 12.4 Å². The molecule has 0 fully saturated rings. The Morgan fingerprint density at radius 2 is 1.89 bits per heavy atom. The molecule has 0 bridgehead atoms. The van der Waals surface area contributed by atoms with E-state index < -0.39 is 0 Å². The highest BCUT2D eigenvalue weighted by molar-refractivity contribution is 14.1. The van der Waals surface area contributed by atoms with Gasteiger partial charge in [0, 0.05) is 9.13 Å². The molecule has 0 spiro atoms. The highest BCUT2D eigenvalue weighted by Gasteiger charge is 2.19. The molecule has 6 nitrogen and oxygen atoms in total. The summed E-state index contributed by atoms with van der Waals surface area (Å²) in [6, 6.07) is 13.6. The van der Waals surface area contributed by atoms with Crippen LogP contribution in [0.5, 0.6) is 0 Å². The van der Waals surface area contributed by atoms with Crippen molar-refractivity contribution in [2.75, 3.05) is 0 Å². The van der Waals surface area contributed by atoms with Gasteiger partial charge in [0.15, 0.2) is 0 Å².